The van der Waals surface area contributed by atoms with Crippen molar-refractivity contribution in [3.63, 3.8) is 0 Å². The van der Waals surface area contributed by atoms with Gasteiger partial charge < -0.3 is 4.74 Å². The average molecular weight is 501 g/mol. The number of likely N-dealkylation sites (tertiary alicyclic amines) is 1. The van der Waals surface area contributed by atoms with Crippen molar-refractivity contribution in [2.75, 3.05) is 13.7 Å². The molecule has 1 aliphatic heterocycles. The number of halogens is 5. The molecule has 0 unspecified atom stereocenters. The van der Waals surface area contributed by atoms with E-state index in [0.717, 1.165) is 36.4 Å². The molecular weight excluding hydrogens is 480 g/mol. The zero-order valence-corrected chi connectivity index (χ0v) is 19.5. The molecule has 11 heteroatoms. The van der Waals surface area contributed by atoms with Gasteiger partial charge in [0.15, 0.2) is 10.9 Å². The molecule has 0 saturated carbocycles. The number of hydrogen-bond acceptors (Lipinski definition) is 6. The van der Waals surface area contributed by atoms with Crippen molar-refractivity contribution in [2.24, 2.45) is 0 Å². The Balaban J connectivity index is 1.77. The van der Waals surface area contributed by atoms with Crippen molar-refractivity contribution in [3.8, 4) is 17.0 Å². The monoisotopic (exact) mass is 500 g/mol. The van der Waals surface area contributed by atoms with E-state index < -0.39 is 17.6 Å². The van der Waals surface area contributed by atoms with Gasteiger partial charge in [-0.3, -0.25) is 4.90 Å². The zero-order chi connectivity index (χ0) is 23.8. The SMILES string of the molecule is COc1c(Cl)ncnc1Cc1nc(-c2cc(F)cc(C(F)(F)F)c2)c(CN2CCC[C@H]2C)s1. The average Bonchev–Trinajstić information content (AvgIpc) is 3.33. The molecule has 1 fully saturated rings. The summed E-state index contributed by atoms with van der Waals surface area (Å²) in [4.78, 5) is 15.8. The lowest BCUT2D eigenvalue weighted by molar-refractivity contribution is -0.137. The zero-order valence-electron chi connectivity index (χ0n) is 17.9. The number of alkyl halides is 3. The number of rotatable bonds is 6. The molecule has 3 heterocycles. The molecule has 176 valence electrons. The molecule has 1 atom stereocenters. The third kappa shape index (κ3) is 5.28. The molecular formula is C22H21ClF4N4OS. The van der Waals surface area contributed by atoms with E-state index in [1.165, 1.54) is 24.8 Å². The highest BCUT2D eigenvalue weighted by molar-refractivity contribution is 7.12. The van der Waals surface area contributed by atoms with Crippen molar-refractivity contribution < 1.29 is 22.3 Å². The number of ether oxygens (including phenoxy) is 1. The fourth-order valence-corrected chi connectivity index (χ4v) is 5.32. The van der Waals surface area contributed by atoms with Crippen LogP contribution in [0.2, 0.25) is 5.15 Å². The topological polar surface area (TPSA) is 51.1 Å². The van der Waals surface area contributed by atoms with E-state index in [0.29, 0.717) is 40.8 Å². The summed E-state index contributed by atoms with van der Waals surface area (Å²) in [6.07, 6.45) is -0.999. The summed E-state index contributed by atoms with van der Waals surface area (Å²) in [5.41, 5.74) is -0.0940. The maximum Gasteiger partial charge on any atom is 0.416 e. The molecule has 0 spiro atoms. The fraction of sp³-hybridized carbons (Fsp3) is 0.409. The Hall–Kier alpha value is -2.30. The van der Waals surface area contributed by atoms with Gasteiger partial charge in [0, 0.05) is 29.4 Å². The van der Waals surface area contributed by atoms with E-state index in [4.69, 9.17) is 16.3 Å². The van der Waals surface area contributed by atoms with E-state index in [-0.39, 0.29) is 17.1 Å². The lowest BCUT2D eigenvalue weighted by atomic mass is 10.1. The van der Waals surface area contributed by atoms with Crippen LogP contribution in [0.15, 0.2) is 24.5 Å². The first-order chi connectivity index (χ1) is 15.7. The van der Waals surface area contributed by atoms with Crippen LogP contribution in [0.5, 0.6) is 5.75 Å². The minimum absolute atomic E-state index is 0.0966. The normalized spacial score (nSPS) is 17.0. The van der Waals surface area contributed by atoms with Crippen LogP contribution in [0, 0.1) is 5.82 Å². The molecule has 3 aromatic rings. The minimum atomic E-state index is -4.66. The quantitative estimate of drug-likeness (QED) is 0.307. The van der Waals surface area contributed by atoms with E-state index in [9.17, 15) is 17.6 Å². The molecule has 1 aliphatic rings. The summed E-state index contributed by atoms with van der Waals surface area (Å²) in [6, 6.07) is 2.88. The van der Waals surface area contributed by atoms with E-state index in [2.05, 4.69) is 26.8 Å². The Kier molecular flexibility index (Phi) is 6.88. The first-order valence-electron chi connectivity index (χ1n) is 10.3. The van der Waals surface area contributed by atoms with Crippen LogP contribution < -0.4 is 4.74 Å². The Morgan fingerprint density at radius 1 is 1.24 bits per heavy atom. The van der Waals surface area contributed by atoms with Crippen LogP contribution >= 0.6 is 22.9 Å². The van der Waals surface area contributed by atoms with Gasteiger partial charge in [0.1, 0.15) is 12.1 Å². The Labute approximate surface area is 197 Å². The molecule has 0 aliphatic carbocycles. The molecule has 0 amide bonds. The van der Waals surface area contributed by atoms with Crippen molar-refractivity contribution in [1.82, 2.24) is 19.9 Å². The highest BCUT2D eigenvalue weighted by atomic mass is 35.5. The summed E-state index contributed by atoms with van der Waals surface area (Å²) in [6.45, 7) is 3.53. The van der Waals surface area contributed by atoms with Gasteiger partial charge in [0.2, 0.25) is 0 Å². The number of thiazole rings is 1. The van der Waals surface area contributed by atoms with Crippen LogP contribution in [-0.4, -0.2) is 39.5 Å². The number of benzene rings is 1. The molecule has 4 rings (SSSR count). The minimum Gasteiger partial charge on any atom is -0.492 e. The van der Waals surface area contributed by atoms with Gasteiger partial charge >= 0.3 is 6.18 Å². The summed E-state index contributed by atoms with van der Waals surface area (Å²) >= 11 is 7.45. The van der Waals surface area contributed by atoms with Crippen molar-refractivity contribution in [2.45, 2.75) is 44.9 Å². The lowest BCUT2D eigenvalue weighted by Gasteiger charge is -2.20. The van der Waals surface area contributed by atoms with E-state index in [1.54, 1.807) is 0 Å². The van der Waals surface area contributed by atoms with Gasteiger partial charge in [-0.15, -0.1) is 11.3 Å². The number of nitrogens with zero attached hydrogens (tertiary/aromatic N) is 4. The second-order valence-electron chi connectivity index (χ2n) is 7.89. The highest BCUT2D eigenvalue weighted by Gasteiger charge is 2.32. The molecule has 0 N–H and O–H groups in total. The standard InChI is InChI=1S/C22H21ClF4N4OS/c1-12-4-3-5-31(12)10-17-19(13-6-14(22(25,26)27)8-15(24)7-13)30-18(33-17)9-16-20(32-2)21(23)29-11-28-16/h6-8,11-12H,3-5,9-10H2,1-2H3/t12-/m1/s1. The first-order valence-corrected chi connectivity index (χ1v) is 11.5. The Bertz CT molecular complexity index is 1150. The second-order valence-corrected chi connectivity index (χ2v) is 9.41. The molecule has 5 nitrogen and oxygen atoms in total. The van der Waals surface area contributed by atoms with Crippen molar-refractivity contribution in [3.05, 3.63) is 56.6 Å². The van der Waals surface area contributed by atoms with Gasteiger partial charge in [-0.2, -0.15) is 13.2 Å². The maximum atomic E-state index is 14.2. The third-order valence-electron chi connectivity index (χ3n) is 5.63. The summed E-state index contributed by atoms with van der Waals surface area (Å²) in [5.74, 6) is -0.644. The van der Waals surface area contributed by atoms with Crippen molar-refractivity contribution >= 4 is 22.9 Å². The van der Waals surface area contributed by atoms with Crippen LogP contribution in [0.25, 0.3) is 11.3 Å². The summed E-state index contributed by atoms with van der Waals surface area (Å²) in [5, 5.41) is 0.767. The fourth-order valence-electron chi connectivity index (χ4n) is 3.97. The number of aromatic nitrogens is 3. The number of hydrogen-bond donors (Lipinski definition) is 0. The largest absolute Gasteiger partial charge is 0.492 e. The highest BCUT2D eigenvalue weighted by Crippen LogP contribution is 2.37. The van der Waals surface area contributed by atoms with Crippen LogP contribution in [0.3, 0.4) is 0 Å². The first kappa shape index (κ1) is 23.8. The van der Waals surface area contributed by atoms with E-state index >= 15 is 0 Å². The smallest absolute Gasteiger partial charge is 0.416 e. The van der Waals surface area contributed by atoms with Gasteiger partial charge in [0.25, 0.3) is 0 Å². The molecule has 1 aromatic carbocycles. The molecule has 2 aromatic heterocycles. The Morgan fingerprint density at radius 3 is 2.70 bits per heavy atom. The summed E-state index contributed by atoms with van der Waals surface area (Å²) < 4.78 is 59.4. The van der Waals surface area contributed by atoms with Crippen LogP contribution in [0.4, 0.5) is 17.6 Å². The maximum absolute atomic E-state index is 14.2. The predicted molar refractivity (Wildman–Crippen MR) is 118 cm³/mol. The summed E-state index contributed by atoms with van der Waals surface area (Å²) in [7, 11) is 1.45. The molecule has 1 saturated heterocycles. The number of methoxy groups -OCH3 is 1. The van der Waals surface area contributed by atoms with Crippen LogP contribution in [0.1, 0.15) is 40.9 Å². The Morgan fingerprint density at radius 2 is 2.03 bits per heavy atom. The molecule has 33 heavy (non-hydrogen) atoms. The van der Waals surface area contributed by atoms with Gasteiger partial charge in [-0.25, -0.2) is 19.3 Å². The third-order valence-corrected chi connectivity index (χ3v) is 6.94. The predicted octanol–water partition coefficient (Wildman–Crippen LogP) is 6.00. The molecule has 0 bridgehead atoms. The van der Waals surface area contributed by atoms with E-state index in [1.807, 2.05) is 0 Å². The van der Waals surface area contributed by atoms with Gasteiger partial charge in [0.05, 0.1) is 29.1 Å². The van der Waals surface area contributed by atoms with Gasteiger partial charge in [-0.05, 0) is 44.5 Å². The van der Waals surface area contributed by atoms with Crippen LogP contribution in [-0.2, 0) is 19.1 Å². The van der Waals surface area contributed by atoms with Crippen molar-refractivity contribution in [1.29, 1.82) is 0 Å². The lowest BCUT2D eigenvalue weighted by Crippen LogP contribution is -2.25. The van der Waals surface area contributed by atoms with Gasteiger partial charge in [-0.1, -0.05) is 11.6 Å². The molecule has 0 radical (unpaired) electrons. The second kappa shape index (κ2) is 9.52.